The number of carbonyl (C=O) groups is 1. The Labute approximate surface area is 227 Å². The molecule has 1 fully saturated rings. The van der Waals surface area contributed by atoms with E-state index in [1.807, 2.05) is 0 Å². The molecule has 1 saturated heterocycles. The molecule has 15 heteroatoms. The summed E-state index contributed by atoms with van der Waals surface area (Å²) in [6.45, 7) is -0.869. The van der Waals surface area contributed by atoms with Crippen LogP contribution < -0.4 is 5.43 Å². The van der Waals surface area contributed by atoms with E-state index in [0.29, 0.717) is 0 Å². The molecule has 3 aromatic carbocycles. The van der Waals surface area contributed by atoms with Gasteiger partial charge < -0.3 is 65.0 Å². The average Bonchev–Trinajstić information content (AvgIpc) is 2.91. The number of ether oxygens (including phenoxy) is 2. The van der Waals surface area contributed by atoms with Crippen molar-refractivity contribution < 1.29 is 69.8 Å². The van der Waals surface area contributed by atoms with E-state index in [2.05, 4.69) is 0 Å². The molecule has 0 unspecified atom stereocenters. The van der Waals surface area contributed by atoms with Crippen LogP contribution in [-0.4, -0.2) is 88.1 Å². The second-order valence-corrected chi connectivity index (χ2v) is 9.29. The maximum absolute atomic E-state index is 13.3. The lowest BCUT2D eigenvalue weighted by Gasteiger charge is -2.42. The van der Waals surface area contributed by atoms with Crippen molar-refractivity contribution >= 4 is 27.9 Å². The van der Waals surface area contributed by atoms with E-state index < -0.39 is 111 Å². The fourth-order valence-corrected chi connectivity index (χ4v) is 4.68. The Hall–Kier alpha value is -4.96. The second kappa shape index (κ2) is 9.90. The van der Waals surface area contributed by atoms with E-state index in [9.17, 15) is 60.7 Å². The summed E-state index contributed by atoms with van der Waals surface area (Å²) in [6.07, 6.45) is -9.11. The second-order valence-electron chi connectivity index (χ2n) is 9.29. The van der Waals surface area contributed by atoms with E-state index in [1.165, 1.54) is 0 Å². The highest BCUT2D eigenvalue weighted by atomic mass is 16.6. The van der Waals surface area contributed by atoms with Crippen LogP contribution >= 0.6 is 0 Å². The summed E-state index contributed by atoms with van der Waals surface area (Å²) >= 11 is 0. The molecule has 0 spiro atoms. The van der Waals surface area contributed by atoms with Gasteiger partial charge in [0.25, 0.3) is 0 Å². The number of carbonyl (C=O) groups excluding carboxylic acids is 1. The number of hydrogen-bond acceptors (Lipinski definition) is 15. The van der Waals surface area contributed by atoms with Gasteiger partial charge in [0, 0.05) is 12.1 Å². The zero-order valence-electron chi connectivity index (χ0n) is 20.5. The quantitative estimate of drug-likeness (QED) is 0.0890. The topological polar surface area (TPSA) is 268 Å². The van der Waals surface area contributed by atoms with Crippen molar-refractivity contribution in [2.75, 3.05) is 6.61 Å². The lowest BCUT2D eigenvalue weighted by Crippen LogP contribution is -2.56. The van der Waals surface area contributed by atoms with Gasteiger partial charge in [-0.1, -0.05) is 0 Å². The molecule has 1 aromatic heterocycles. The van der Waals surface area contributed by atoms with Crippen molar-refractivity contribution in [3.63, 3.8) is 0 Å². The molecule has 1 aliphatic rings. The highest BCUT2D eigenvalue weighted by molar-refractivity contribution is 5.97. The van der Waals surface area contributed by atoms with Crippen LogP contribution in [0.2, 0.25) is 0 Å². The molecule has 2 heterocycles. The minimum atomic E-state index is -2.01. The number of fused-ring (bicyclic) bond motifs is 2. The molecule has 5 atom stereocenters. The van der Waals surface area contributed by atoms with Gasteiger partial charge in [0.15, 0.2) is 40.4 Å². The third kappa shape index (κ3) is 4.42. The van der Waals surface area contributed by atoms with E-state index in [1.54, 1.807) is 0 Å². The molecule has 41 heavy (non-hydrogen) atoms. The number of aliphatic hydroxyl groups is 3. The number of hydrogen-bond donors (Lipinski definition) is 10. The van der Waals surface area contributed by atoms with E-state index in [4.69, 9.17) is 13.9 Å². The smallest absolute Gasteiger partial charge is 0.338 e. The predicted octanol–water partition coefficient (Wildman–Crippen LogP) is 0.265. The first-order valence-corrected chi connectivity index (χ1v) is 11.8. The maximum atomic E-state index is 13.3. The van der Waals surface area contributed by atoms with Crippen molar-refractivity contribution in [3.8, 4) is 40.2 Å². The first-order chi connectivity index (χ1) is 19.3. The minimum absolute atomic E-state index is 0.275. The van der Waals surface area contributed by atoms with Crippen LogP contribution in [0.5, 0.6) is 40.2 Å². The Balaban J connectivity index is 1.71. The van der Waals surface area contributed by atoms with Crippen LogP contribution in [-0.2, 0) is 9.47 Å². The molecule has 0 aliphatic carbocycles. The van der Waals surface area contributed by atoms with Crippen LogP contribution in [0.4, 0.5) is 0 Å². The summed E-state index contributed by atoms with van der Waals surface area (Å²) in [7, 11) is 0. The molecular weight excluding hydrogens is 552 g/mol. The van der Waals surface area contributed by atoms with E-state index in [-0.39, 0.29) is 11.0 Å². The van der Waals surface area contributed by atoms with Crippen LogP contribution in [0.1, 0.15) is 22.0 Å². The molecule has 1 aliphatic heterocycles. The highest BCUT2D eigenvalue weighted by Gasteiger charge is 2.49. The van der Waals surface area contributed by atoms with Crippen molar-refractivity contribution in [2.45, 2.75) is 30.5 Å². The first-order valence-electron chi connectivity index (χ1n) is 11.8. The number of phenolic OH excluding ortho intramolecular Hbond substituents is 7. The summed E-state index contributed by atoms with van der Waals surface area (Å²) in [5.41, 5.74) is -2.80. The zero-order chi connectivity index (χ0) is 29.9. The normalized spacial score (nSPS) is 22.7. The third-order valence-electron chi connectivity index (χ3n) is 6.74. The van der Waals surface area contributed by atoms with Gasteiger partial charge in [-0.15, -0.1) is 0 Å². The average molecular weight is 574 g/mol. The summed E-state index contributed by atoms with van der Waals surface area (Å²) in [5, 5.41) is 100. The molecular formula is C26H22O15. The number of phenols is 7. The molecule has 0 radical (unpaired) electrons. The van der Waals surface area contributed by atoms with Crippen molar-refractivity contribution in [2.24, 2.45) is 0 Å². The summed E-state index contributed by atoms with van der Waals surface area (Å²) in [4.78, 5) is 26.2. The van der Waals surface area contributed by atoms with Crippen LogP contribution in [0.25, 0.3) is 21.9 Å². The van der Waals surface area contributed by atoms with Gasteiger partial charge in [0.1, 0.15) is 46.9 Å². The van der Waals surface area contributed by atoms with Gasteiger partial charge in [-0.25, -0.2) is 4.79 Å². The van der Waals surface area contributed by atoms with Gasteiger partial charge in [0.2, 0.25) is 5.43 Å². The highest BCUT2D eigenvalue weighted by Crippen LogP contribution is 2.45. The molecule has 0 saturated carbocycles. The molecule has 15 nitrogen and oxygen atoms in total. The largest absolute Gasteiger partial charge is 0.507 e. The molecule has 5 rings (SSSR count). The Bertz CT molecular complexity index is 1740. The first kappa shape index (κ1) is 27.6. The number of rotatable bonds is 4. The monoisotopic (exact) mass is 574 g/mol. The molecule has 0 amide bonds. The molecule has 4 aromatic rings. The number of benzene rings is 3. The Morgan fingerprint density at radius 3 is 2.07 bits per heavy atom. The van der Waals surface area contributed by atoms with Gasteiger partial charge in [-0.05, 0) is 18.2 Å². The van der Waals surface area contributed by atoms with Crippen molar-refractivity contribution in [3.05, 3.63) is 51.7 Å². The Morgan fingerprint density at radius 1 is 0.805 bits per heavy atom. The lowest BCUT2D eigenvalue weighted by atomic mass is 9.89. The van der Waals surface area contributed by atoms with Crippen LogP contribution in [0, 0.1) is 0 Å². The van der Waals surface area contributed by atoms with Gasteiger partial charge in [0.05, 0.1) is 23.1 Å². The van der Waals surface area contributed by atoms with Gasteiger partial charge in [-0.3, -0.25) is 4.79 Å². The zero-order valence-corrected chi connectivity index (χ0v) is 20.5. The Kier molecular flexibility index (Phi) is 6.66. The molecule has 0 bridgehead atoms. The number of aliphatic hydroxyl groups excluding tert-OH is 3. The Morgan fingerprint density at radius 2 is 1.44 bits per heavy atom. The van der Waals surface area contributed by atoms with E-state index >= 15 is 0 Å². The van der Waals surface area contributed by atoms with E-state index in [0.717, 1.165) is 30.3 Å². The summed E-state index contributed by atoms with van der Waals surface area (Å²) in [6, 6.07) is 3.96. The summed E-state index contributed by atoms with van der Waals surface area (Å²) in [5.74, 6) is -6.94. The summed E-state index contributed by atoms with van der Waals surface area (Å²) < 4.78 is 16.7. The molecule has 10 N–H and O–H groups in total. The van der Waals surface area contributed by atoms with Gasteiger partial charge >= 0.3 is 5.97 Å². The van der Waals surface area contributed by atoms with Gasteiger partial charge in [-0.2, -0.15) is 0 Å². The minimum Gasteiger partial charge on any atom is -0.507 e. The standard InChI is InChI=1S/C26H22O15/c27-6-16-21(36)22(37)25(41-26(38)7-1-13(32)20(35)14(33)2-7)24(40-16)18-12(31)4-11(30)17-19(34)8-3-9(28)10(29)5-15(8)39-23(17)18/h1-5,16,21-22,24-25,27-33,35-37H,6H2/t16-,21-,22+,24+,25-/m1/s1. The third-order valence-corrected chi connectivity index (χ3v) is 6.74. The fraction of sp³-hybridized carbons (Fsp3) is 0.231. The SMILES string of the molecule is O=C(O[C@@H]1[C@@H](O)[C@H](O)[C@@H](CO)O[C@H]1c1c(O)cc(O)c2c(=O)c3cc(O)c(O)cc3oc12)c1cc(O)c(O)c(O)c1. The number of esters is 1. The number of aromatic hydroxyl groups is 7. The van der Waals surface area contributed by atoms with Crippen molar-refractivity contribution in [1.29, 1.82) is 0 Å². The van der Waals surface area contributed by atoms with Crippen LogP contribution in [0.15, 0.2) is 39.5 Å². The molecule has 216 valence electrons. The lowest BCUT2D eigenvalue weighted by molar-refractivity contribution is -0.231. The van der Waals surface area contributed by atoms with Crippen LogP contribution in [0.3, 0.4) is 0 Å². The fourth-order valence-electron chi connectivity index (χ4n) is 4.68. The van der Waals surface area contributed by atoms with Crippen molar-refractivity contribution in [1.82, 2.24) is 0 Å². The maximum Gasteiger partial charge on any atom is 0.338 e. The predicted molar refractivity (Wildman–Crippen MR) is 134 cm³/mol.